The van der Waals surface area contributed by atoms with Gasteiger partial charge in [0.2, 0.25) is 0 Å². The zero-order chi connectivity index (χ0) is 15.0. The molecule has 2 N–H and O–H groups in total. The van der Waals surface area contributed by atoms with Gasteiger partial charge in [0.05, 0.1) is 11.1 Å². The number of halogens is 3. The minimum atomic E-state index is -1.03. The molecular weight excluding hydrogens is 267 g/mol. The summed E-state index contributed by atoms with van der Waals surface area (Å²) in [6, 6.07) is 4.19. The number of carbonyl (C=O) groups excluding carboxylic acids is 1. The second-order valence-corrected chi connectivity index (χ2v) is 4.61. The van der Waals surface area contributed by atoms with E-state index in [1.807, 2.05) is 0 Å². The van der Waals surface area contributed by atoms with Gasteiger partial charge in [-0.2, -0.15) is 0 Å². The summed E-state index contributed by atoms with van der Waals surface area (Å²) >= 11 is 0. The fraction of sp³-hybridized carbons (Fsp3) is 0.133. The molecular formula is C15H12F3NO. The van der Waals surface area contributed by atoms with Crippen molar-refractivity contribution in [1.82, 2.24) is 0 Å². The molecule has 0 aliphatic heterocycles. The number of hydrogen-bond acceptors (Lipinski definition) is 2. The van der Waals surface area contributed by atoms with Crippen LogP contribution in [-0.4, -0.2) is 5.78 Å². The van der Waals surface area contributed by atoms with Crippen LogP contribution >= 0.6 is 0 Å². The number of benzene rings is 2. The van der Waals surface area contributed by atoms with Crippen LogP contribution in [0.15, 0.2) is 24.3 Å². The highest BCUT2D eigenvalue weighted by molar-refractivity contribution is 6.10. The number of anilines is 1. The Morgan fingerprint density at radius 1 is 0.900 bits per heavy atom. The molecule has 104 valence electrons. The van der Waals surface area contributed by atoms with Crippen molar-refractivity contribution in [1.29, 1.82) is 0 Å². The highest BCUT2D eigenvalue weighted by atomic mass is 19.1. The highest BCUT2D eigenvalue weighted by Crippen LogP contribution is 2.23. The molecule has 20 heavy (non-hydrogen) atoms. The van der Waals surface area contributed by atoms with Gasteiger partial charge in [-0.15, -0.1) is 0 Å². The Bertz CT molecular complexity index is 711. The predicted octanol–water partition coefficient (Wildman–Crippen LogP) is 3.53. The maximum absolute atomic E-state index is 14.0. The Labute approximate surface area is 114 Å². The number of ketones is 1. The fourth-order valence-corrected chi connectivity index (χ4v) is 1.94. The molecule has 0 aliphatic rings. The summed E-state index contributed by atoms with van der Waals surface area (Å²) in [4.78, 5) is 12.2. The number of rotatable bonds is 2. The minimum Gasteiger partial charge on any atom is -0.399 e. The summed E-state index contributed by atoms with van der Waals surface area (Å²) < 4.78 is 40.8. The van der Waals surface area contributed by atoms with E-state index >= 15 is 0 Å². The minimum absolute atomic E-state index is 0.107. The average Bonchev–Trinajstić information content (AvgIpc) is 2.37. The lowest BCUT2D eigenvalue weighted by molar-refractivity contribution is 0.103. The summed E-state index contributed by atoms with van der Waals surface area (Å²) in [6.45, 7) is 2.85. The van der Waals surface area contributed by atoms with Crippen molar-refractivity contribution in [3.05, 3.63) is 64.0 Å². The molecule has 0 aromatic heterocycles. The first kappa shape index (κ1) is 14.1. The van der Waals surface area contributed by atoms with Crippen LogP contribution in [0.5, 0.6) is 0 Å². The Morgan fingerprint density at radius 3 is 2.20 bits per heavy atom. The number of hydrogen-bond donors (Lipinski definition) is 1. The van der Waals surface area contributed by atoms with Crippen molar-refractivity contribution >= 4 is 11.5 Å². The molecule has 0 radical (unpaired) electrons. The third-order valence-electron chi connectivity index (χ3n) is 3.01. The highest BCUT2D eigenvalue weighted by Gasteiger charge is 2.20. The van der Waals surface area contributed by atoms with E-state index in [0.717, 1.165) is 12.1 Å². The van der Waals surface area contributed by atoms with Crippen LogP contribution in [0.1, 0.15) is 27.0 Å². The molecule has 0 unspecified atom stereocenters. The van der Waals surface area contributed by atoms with Crippen molar-refractivity contribution < 1.29 is 18.0 Å². The predicted molar refractivity (Wildman–Crippen MR) is 70.1 cm³/mol. The molecule has 0 saturated carbocycles. The maximum Gasteiger partial charge on any atom is 0.199 e. The first-order valence-electron chi connectivity index (χ1n) is 5.87. The Kier molecular flexibility index (Phi) is 3.53. The van der Waals surface area contributed by atoms with Crippen molar-refractivity contribution in [2.45, 2.75) is 13.8 Å². The third kappa shape index (κ3) is 2.39. The lowest BCUT2D eigenvalue weighted by Crippen LogP contribution is -2.10. The van der Waals surface area contributed by atoms with Crippen LogP contribution in [0.25, 0.3) is 0 Å². The van der Waals surface area contributed by atoms with E-state index in [1.165, 1.54) is 19.9 Å². The van der Waals surface area contributed by atoms with Crippen LogP contribution < -0.4 is 5.73 Å². The molecule has 0 heterocycles. The zero-order valence-corrected chi connectivity index (χ0v) is 10.9. The van der Waals surface area contributed by atoms with Gasteiger partial charge in [0.25, 0.3) is 0 Å². The largest absolute Gasteiger partial charge is 0.399 e. The lowest BCUT2D eigenvalue weighted by Gasteiger charge is -2.09. The second kappa shape index (κ2) is 5.00. The Hall–Kier alpha value is -2.30. The summed E-state index contributed by atoms with van der Waals surface area (Å²) in [5, 5.41) is 0. The fourth-order valence-electron chi connectivity index (χ4n) is 1.94. The van der Waals surface area contributed by atoms with Crippen LogP contribution in [0.3, 0.4) is 0 Å². The summed E-state index contributed by atoms with van der Waals surface area (Å²) in [5.74, 6) is -3.41. The average molecular weight is 279 g/mol. The van der Waals surface area contributed by atoms with Crippen molar-refractivity contribution in [3.8, 4) is 0 Å². The zero-order valence-electron chi connectivity index (χ0n) is 10.9. The van der Waals surface area contributed by atoms with E-state index in [2.05, 4.69) is 0 Å². The normalized spacial score (nSPS) is 10.7. The molecule has 0 spiro atoms. The van der Waals surface area contributed by atoms with Gasteiger partial charge in [-0.3, -0.25) is 4.79 Å². The van der Waals surface area contributed by atoms with Gasteiger partial charge in [0, 0.05) is 11.8 Å². The third-order valence-corrected chi connectivity index (χ3v) is 3.01. The quantitative estimate of drug-likeness (QED) is 0.675. The molecule has 2 nitrogen and oxygen atoms in total. The van der Waals surface area contributed by atoms with E-state index in [9.17, 15) is 18.0 Å². The van der Waals surface area contributed by atoms with Gasteiger partial charge >= 0.3 is 0 Å². The number of nitrogens with two attached hydrogens (primary N) is 1. The molecule has 2 aromatic carbocycles. The van der Waals surface area contributed by atoms with Gasteiger partial charge in [0.1, 0.15) is 17.5 Å². The summed E-state index contributed by atoms with van der Waals surface area (Å²) in [5.41, 5.74) is 5.35. The van der Waals surface area contributed by atoms with Crippen LogP contribution in [0, 0.1) is 31.3 Å². The maximum atomic E-state index is 14.0. The number of carbonyl (C=O) groups is 1. The molecule has 0 saturated heterocycles. The SMILES string of the molecule is Cc1cc(C(=O)c2cc(N)cc(C)c2F)c(F)cc1F. The Morgan fingerprint density at radius 2 is 1.55 bits per heavy atom. The van der Waals surface area contributed by atoms with E-state index in [4.69, 9.17) is 5.73 Å². The van der Waals surface area contributed by atoms with Crippen LogP contribution in [0.4, 0.5) is 18.9 Å². The number of aryl methyl sites for hydroxylation is 2. The van der Waals surface area contributed by atoms with Crippen molar-refractivity contribution in [2.75, 3.05) is 5.73 Å². The van der Waals surface area contributed by atoms with Gasteiger partial charge < -0.3 is 5.73 Å². The number of nitrogen functional groups attached to an aromatic ring is 1. The van der Waals surface area contributed by atoms with Gasteiger partial charge in [0.15, 0.2) is 5.78 Å². The van der Waals surface area contributed by atoms with E-state index < -0.39 is 23.2 Å². The van der Waals surface area contributed by atoms with Crippen molar-refractivity contribution in [3.63, 3.8) is 0 Å². The summed E-state index contributed by atoms with van der Waals surface area (Å²) in [6.07, 6.45) is 0. The molecule has 2 rings (SSSR count). The van der Waals surface area contributed by atoms with Gasteiger partial charge in [-0.1, -0.05) is 0 Å². The molecule has 0 atom stereocenters. The topological polar surface area (TPSA) is 43.1 Å². The van der Waals surface area contributed by atoms with Crippen molar-refractivity contribution in [2.24, 2.45) is 0 Å². The van der Waals surface area contributed by atoms with Gasteiger partial charge in [-0.05, 0) is 43.2 Å². The molecule has 5 heteroatoms. The lowest BCUT2D eigenvalue weighted by atomic mass is 9.98. The van der Waals surface area contributed by atoms with E-state index in [-0.39, 0.29) is 27.9 Å². The Balaban J connectivity index is 2.60. The molecule has 0 fully saturated rings. The first-order valence-corrected chi connectivity index (χ1v) is 5.87. The molecule has 0 aliphatic carbocycles. The van der Waals surface area contributed by atoms with Gasteiger partial charge in [-0.25, -0.2) is 13.2 Å². The standard InChI is InChI=1S/C15H12F3NO/c1-7-4-10(13(17)6-12(7)16)15(20)11-5-9(19)3-8(2)14(11)18/h3-6H,19H2,1-2H3. The summed E-state index contributed by atoms with van der Waals surface area (Å²) in [7, 11) is 0. The smallest absolute Gasteiger partial charge is 0.199 e. The van der Waals surface area contributed by atoms with Crippen LogP contribution in [-0.2, 0) is 0 Å². The molecule has 2 aromatic rings. The second-order valence-electron chi connectivity index (χ2n) is 4.61. The van der Waals surface area contributed by atoms with E-state index in [0.29, 0.717) is 6.07 Å². The monoisotopic (exact) mass is 279 g/mol. The van der Waals surface area contributed by atoms with Crippen LogP contribution in [0.2, 0.25) is 0 Å². The first-order chi connectivity index (χ1) is 9.31. The van der Waals surface area contributed by atoms with E-state index in [1.54, 1.807) is 0 Å². The molecule has 0 amide bonds. The molecule has 0 bridgehead atoms.